The van der Waals surface area contributed by atoms with Crippen molar-refractivity contribution in [2.45, 2.75) is 57.3 Å². The van der Waals surface area contributed by atoms with Gasteiger partial charge in [0.1, 0.15) is 0 Å². The van der Waals surface area contributed by atoms with Crippen LogP contribution < -0.4 is 5.32 Å². The van der Waals surface area contributed by atoms with Gasteiger partial charge in [-0.25, -0.2) is 8.42 Å². The molecule has 6 nitrogen and oxygen atoms in total. The average molecular weight is 550 g/mol. The van der Waals surface area contributed by atoms with Crippen LogP contribution in [0.1, 0.15) is 57.3 Å². The van der Waals surface area contributed by atoms with Crippen LogP contribution in [0.3, 0.4) is 0 Å². The lowest BCUT2D eigenvalue weighted by Crippen LogP contribution is -2.57. The molecule has 0 radical (unpaired) electrons. The Hall–Kier alpha value is -0.870. The number of aliphatic imine (C=N–C) groups is 1. The fourth-order valence-corrected chi connectivity index (χ4v) is 5.47. The maximum Gasteiger partial charge on any atom is 0.193 e. The van der Waals surface area contributed by atoms with Crippen molar-refractivity contribution in [2.24, 2.45) is 4.99 Å². The molecule has 1 heterocycles. The summed E-state index contributed by atoms with van der Waals surface area (Å²) >= 11 is 0. The highest BCUT2D eigenvalue weighted by molar-refractivity contribution is 14.0. The van der Waals surface area contributed by atoms with E-state index in [2.05, 4.69) is 34.5 Å². The maximum absolute atomic E-state index is 12.3. The molecule has 8 heteroatoms. The van der Waals surface area contributed by atoms with E-state index in [0.29, 0.717) is 26.2 Å². The summed E-state index contributed by atoms with van der Waals surface area (Å²) in [6, 6.07) is 8.59. The van der Waals surface area contributed by atoms with Crippen LogP contribution in [0.5, 0.6) is 0 Å². The Morgan fingerprint density at radius 1 is 1.33 bits per heavy atom. The summed E-state index contributed by atoms with van der Waals surface area (Å²) in [5.74, 6) is 0.979. The summed E-state index contributed by atoms with van der Waals surface area (Å²) in [6.07, 6.45) is 4.46. The van der Waals surface area contributed by atoms with Crippen molar-refractivity contribution >= 4 is 39.8 Å². The Balaban J connectivity index is 0.00000320. The molecule has 0 bridgehead atoms. The minimum Gasteiger partial charge on any atom is -0.373 e. The normalized spacial score (nSPS) is 22.7. The second-order valence-corrected chi connectivity index (χ2v) is 11.3. The van der Waals surface area contributed by atoms with Gasteiger partial charge in [-0.3, -0.25) is 4.99 Å². The Labute approximate surface area is 198 Å². The van der Waals surface area contributed by atoms with Crippen LogP contribution in [0.15, 0.2) is 29.3 Å². The van der Waals surface area contributed by atoms with Crippen LogP contribution in [0, 0.1) is 0 Å². The molecule has 1 unspecified atom stereocenters. The molecule has 1 atom stereocenters. The predicted molar refractivity (Wildman–Crippen MR) is 134 cm³/mol. The lowest BCUT2D eigenvalue weighted by molar-refractivity contribution is 0.0402. The van der Waals surface area contributed by atoms with Crippen LogP contribution in [0.25, 0.3) is 0 Å². The summed E-state index contributed by atoms with van der Waals surface area (Å²) in [6.45, 7) is 8.70. The van der Waals surface area contributed by atoms with E-state index in [1.54, 1.807) is 13.8 Å². The van der Waals surface area contributed by atoms with E-state index in [-0.39, 0.29) is 35.8 Å². The highest BCUT2D eigenvalue weighted by atomic mass is 127. The molecule has 1 aromatic carbocycles. The molecule has 0 saturated carbocycles. The van der Waals surface area contributed by atoms with Gasteiger partial charge < -0.3 is 15.0 Å². The average Bonchev–Trinajstić information content (AvgIpc) is 2.69. The molecule has 0 amide bonds. The number of aryl methyl sites for hydroxylation is 1. The van der Waals surface area contributed by atoms with E-state index in [4.69, 9.17) is 9.73 Å². The molecule has 1 aromatic rings. The number of ether oxygens (including phenoxy) is 1. The van der Waals surface area contributed by atoms with Gasteiger partial charge in [-0.1, -0.05) is 24.3 Å². The van der Waals surface area contributed by atoms with Crippen molar-refractivity contribution in [1.82, 2.24) is 10.2 Å². The highest BCUT2D eigenvalue weighted by Crippen LogP contribution is 2.32. The van der Waals surface area contributed by atoms with Gasteiger partial charge in [-0.15, -0.1) is 24.0 Å². The molecule has 1 aliphatic heterocycles. The Kier molecular flexibility index (Phi) is 9.42. The van der Waals surface area contributed by atoms with Gasteiger partial charge in [0, 0.05) is 32.8 Å². The highest BCUT2D eigenvalue weighted by Gasteiger charge is 2.40. The fraction of sp³-hybridized carbons (Fsp3) is 0.682. The largest absolute Gasteiger partial charge is 0.373 e. The molecule has 3 rings (SSSR count). The van der Waals surface area contributed by atoms with Crippen molar-refractivity contribution in [3.05, 3.63) is 35.4 Å². The first-order valence-corrected chi connectivity index (χ1v) is 12.4. The number of benzene rings is 1. The quantitative estimate of drug-likeness (QED) is 0.254. The van der Waals surface area contributed by atoms with Crippen molar-refractivity contribution in [3.63, 3.8) is 0 Å². The number of halogens is 1. The summed E-state index contributed by atoms with van der Waals surface area (Å²) in [5.41, 5.74) is 2.76. The number of hydrogen-bond donors (Lipinski definition) is 1. The molecule has 2 aliphatic rings. The number of rotatable bonds is 6. The van der Waals surface area contributed by atoms with Gasteiger partial charge in [-0.05, 0) is 57.6 Å². The third-order valence-electron chi connectivity index (χ3n) is 5.88. The molecule has 170 valence electrons. The van der Waals surface area contributed by atoms with Crippen LogP contribution in [-0.2, 0) is 21.0 Å². The zero-order valence-corrected chi connectivity index (χ0v) is 21.5. The third-order valence-corrected chi connectivity index (χ3v) is 8.41. The number of sulfone groups is 1. The smallest absolute Gasteiger partial charge is 0.193 e. The molecular formula is C22H36IN3O3S. The van der Waals surface area contributed by atoms with E-state index in [0.717, 1.165) is 31.8 Å². The molecular weight excluding hydrogens is 513 g/mol. The first-order chi connectivity index (χ1) is 13.8. The van der Waals surface area contributed by atoms with E-state index in [9.17, 15) is 8.42 Å². The number of fused-ring (bicyclic) bond motifs is 1. The Morgan fingerprint density at radius 3 is 2.83 bits per heavy atom. The van der Waals surface area contributed by atoms with E-state index in [1.165, 1.54) is 17.5 Å². The SMILES string of the molecule is CCNC(=NCCCOC1CCCc2ccccc21)N1CCS(=O)(=O)C(C)(C)C1.I. The molecule has 1 aliphatic carbocycles. The molecule has 1 N–H and O–H groups in total. The number of nitrogens with one attached hydrogen (secondary N) is 1. The van der Waals surface area contributed by atoms with Crippen LogP contribution >= 0.6 is 24.0 Å². The Morgan fingerprint density at radius 2 is 2.10 bits per heavy atom. The van der Waals surface area contributed by atoms with Gasteiger partial charge in [0.2, 0.25) is 0 Å². The second-order valence-electron chi connectivity index (χ2n) is 8.54. The summed E-state index contributed by atoms with van der Waals surface area (Å²) < 4.78 is 29.9. The van der Waals surface area contributed by atoms with Gasteiger partial charge in [-0.2, -0.15) is 0 Å². The third kappa shape index (κ3) is 6.09. The number of guanidine groups is 1. The minimum absolute atomic E-state index is 0. The van der Waals surface area contributed by atoms with Gasteiger partial charge in [0.15, 0.2) is 15.8 Å². The summed E-state index contributed by atoms with van der Waals surface area (Å²) in [7, 11) is -3.05. The number of hydrogen-bond acceptors (Lipinski definition) is 4. The zero-order chi connectivity index (χ0) is 20.9. The van der Waals surface area contributed by atoms with E-state index in [1.807, 2.05) is 6.92 Å². The first kappa shape index (κ1) is 25.4. The van der Waals surface area contributed by atoms with Crippen molar-refractivity contribution in [1.29, 1.82) is 0 Å². The van der Waals surface area contributed by atoms with Crippen molar-refractivity contribution < 1.29 is 13.2 Å². The lowest BCUT2D eigenvalue weighted by Gasteiger charge is -2.39. The topological polar surface area (TPSA) is 71.0 Å². The van der Waals surface area contributed by atoms with Gasteiger partial charge in [0.05, 0.1) is 16.6 Å². The monoisotopic (exact) mass is 549 g/mol. The van der Waals surface area contributed by atoms with Crippen molar-refractivity contribution in [2.75, 3.05) is 38.5 Å². The first-order valence-electron chi connectivity index (χ1n) is 10.8. The van der Waals surface area contributed by atoms with E-state index >= 15 is 0 Å². The Bertz CT molecular complexity index is 827. The minimum atomic E-state index is -3.05. The van der Waals surface area contributed by atoms with Crippen LogP contribution in [0.4, 0.5) is 0 Å². The molecule has 0 spiro atoms. The maximum atomic E-state index is 12.3. The second kappa shape index (κ2) is 11.1. The summed E-state index contributed by atoms with van der Waals surface area (Å²) in [5, 5.41) is 3.31. The number of nitrogens with zero attached hydrogens (tertiary/aromatic N) is 2. The zero-order valence-electron chi connectivity index (χ0n) is 18.4. The van der Waals surface area contributed by atoms with Crippen molar-refractivity contribution in [3.8, 4) is 0 Å². The molecule has 0 aromatic heterocycles. The molecule has 1 fully saturated rings. The van der Waals surface area contributed by atoms with Crippen LogP contribution in [0.2, 0.25) is 0 Å². The fourth-order valence-electron chi connectivity index (χ4n) is 4.11. The molecule has 30 heavy (non-hydrogen) atoms. The van der Waals surface area contributed by atoms with E-state index < -0.39 is 14.6 Å². The standard InChI is InChI=1S/C22H35N3O3S.HI/c1-4-23-21(25-14-16-29(26,27)22(2,3)17-25)24-13-8-15-28-20-12-7-10-18-9-5-6-11-19(18)20;/h5-6,9,11,20H,4,7-8,10,12-17H2,1-3H3,(H,23,24);1H. The van der Waals surface area contributed by atoms with Gasteiger partial charge >= 0.3 is 0 Å². The lowest BCUT2D eigenvalue weighted by atomic mass is 9.89. The van der Waals surface area contributed by atoms with Crippen LogP contribution in [-0.4, -0.2) is 62.6 Å². The summed E-state index contributed by atoms with van der Waals surface area (Å²) in [4.78, 5) is 6.81. The molecule has 1 saturated heterocycles. The van der Waals surface area contributed by atoms with Gasteiger partial charge in [0.25, 0.3) is 0 Å². The predicted octanol–water partition coefficient (Wildman–Crippen LogP) is 3.56.